The van der Waals surface area contributed by atoms with Crippen molar-refractivity contribution in [3.8, 4) is 0 Å². The number of nitrogens with zero attached hydrogens (tertiary/aromatic N) is 1. The van der Waals surface area contributed by atoms with Gasteiger partial charge in [-0.05, 0) is 12.5 Å². The minimum absolute atomic E-state index is 0.291. The van der Waals surface area contributed by atoms with Crippen LogP contribution in [0.15, 0.2) is 6.07 Å². The highest BCUT2D eigenvalue weighted by Gasteiger charge is 2.09. The molecular formula is C10H16Cl2N4O2. The largest absolute Gasteiger partial charge is 0.391 e. The van der Waals surface area contributed by atoms with Gasteiger partial charge in [0.25, 0.3) is 0 Å². The number of hydrazine groups is 1. The number of pyridine rings is 1. The second-order valence-electron chi connectivity index (χ2n) is 3.62. The van der Waals surface area contributed by atoms with Crippen LogP contribution in [0.1, 0.15) is 6.42 Å². The number of aromatic nitrogens is 1. The van der Waals surface area contributed by atoms with E-state index in [1.807, 2.05) is 0 Å². The SMILES string of the molecule is COCC(O)CCNc1nc(NN)c(Cl)cc1Cl. The number of nitrogen functional groups attached to an aromatic ring is 1. The van der Waals surface area contributed by atoms with E-state index in [0.29, 0.717) is 41.3 Å². The second kappa shape index (κ2) is 7.60. The van der Waals surface area contributed by atoms with Crippen molar-refractivity contribution in [3.63, 3.8) is 0 Å². The van der Waals surface area contributed by atoms with Crippen molar-refractivity contribution in [2.75, 3.05) is 31.0 Å². The van der Waals surface area contributed by atoms with Gasteiger partial charge < -0.3 is 20.6 Å². The lowest BCUT2D eigenvalue weighted by Crippen LogP contribution is -2.19. The van der Waals surface area contributed by atoms with Gasteiger partial charge in [0.1, 0.15) is 5.82 Å². The fourth-order valence-electron chi connectivity index (χ4n) is 1.32. The highest BCUT2D eigenvalue weighted by atomic mass is 35.5. The van der Waals surface area contributed by atoms with Gasteiger partial charge >= 0.3 is 0 Å². The minimum atomic E-state index is -0.527. The Labute approximate surface area is 115 Å². The number of hydrogen-bond donors (Lipinski definition) is 4. The molecule has 0 aliphatic rings. The molecule has 1 aromatic heterocycles. The summed E-state index contributed by atoms with van der Waals surface area (Å²) in [6.45, 7) is 0.794. The van der Waals surface area contributed by atoms with E-state index in [0.717, 1.165) is 0 Å². The van der Waals surface area contributed by atoms with E-state index >= 15 is 0 Å². The molecule has 0 aliphatic heterocycles. The van der Waals surface area contributed by atoms with E-state index in [1.54, 1.807) is 6.07 Å². The molecule has 8 heteroatoms. The molecule has 5 N–H and O–H groups in total. The zero-order chi connectivity index (χ0) is 13.5. The molecular weight excluding hydrogens is 279 g/mol. The van der Waals surface area contributed by atoms with Gasteiger partial charge in [-0.1, -0.05) is 23.2 Å². The predicted molar refractivity (Wildman–Crippen MR) is 73.1 cm³/mol. The average molecular weight is 295 g/mol. The first-order valence-corrected chi connectivity index (χ1v) is 6.07. The predicted octanol–water partition coefficient (Wildman–Crippen LogP) is 1.48. The van der Waals surface area contributed by atoms with Crippen LogP contribution in [0.5, 0.6) is 0 Å². The number of aliphatic hydroxyl groups excluding tert-OH is 1. The van der Waals surface area contributed by atoms with Crippen LogP contribution in [0.2, 0.25) is 10.0 Å². The van der Waals surface area contributed by atoms with Crippen molar-refractivity contribution >= 4 is 34.8 Å². The molecule has 1 unspecified atom stereocenters. The van der Waals surface area contributed by atoms with E-state index in [1.165, 1.54) is 7.11 Å². The minimum Gasteiger partial charge on any atom is -0.391 e. The Morgan fingerprint density at radius 2 is 2.11 bits per heavy atom. The third kappa shape index (κ3) is 4.47. The third-order valence-corrected chi connectivity index (χ3v) is 2.77. The number of anilines is 2. The van der Waals surface area contributed by atoms with E-state index < -0.39 is 6.10 Å². The molecule has 0 bridgehead atoms. The number of halogens is 2. The highest BCUT2D eigenvalue weighted by molar-refractivity contribution is 6.37. The lowest BCUT2D eigenvalue weighted by Gasteiger charge is -2.12. The van der Waals surface area contributed by atoms with Gasteiger partial charge in [0.2, 0.25) is 0 Å². The number of ether oxygens (including phenoxy) is 1. The lowest BCUT2D eigenvalue weighted by atomic mass is 10.2. The molecule has 1 aromatic rings. The van der Waals surface area contributed by atoms with Crippen LogP contribution in [-0.2, 0) is 4.74 Å². The molecule has 0 saturated heterocycles. The summed E-state index contributed by atoms with van der Waals surface area (Å²) >= 11 is 11.8. The normalized spacial score (nSPS) is 12.3. The maximum atomic E-state index is 9.47. The number of nitrogens with two attached hydrogens (primary N) is 1. The van der Waals surface area contributed by atoms with Crippen LogP contribution in [0, 0.1) is 0 Å². The lowest BCUT2D eigenvalue weighted by molar-refractivity contribution is 0.0615. The highest BCUT2D eigenvalue weighted by Crippen LogP contribution is 2.28. The van der Waals surface area contributed by atoms with E-state index in [-0.39, 0.29) is 0 Å². The molecule has 0 saturated carbocycles. The molecule has 1 rings (SSSR count). The molecule has 1 heterocycles. The zero-order valence-corrected chi connectivity index (χ0v) is 11.4. The van der Waals surface area contributed by atoms with Crippen molar-refractivity contribution in [3.05, 3.63) is 16.1 Å². The molecule has 0 aliphatic carbocycles. The van der Waals surface area contributed by atoms with Gasteiger partial charge in [-0.25, -0.2) is 10.8 Å². The van der Waals surface area contributed by atoms with Crippen LogP contribution in [0.25, 0.3) is 0 Å². The van der Waals surface area contributed by atoms with E-state index in [4.69, 9.17) is 33.8 Å². The summed E-state index contributed by atoms with van der Waals surface area (Å²) in [6, 6.07) is 1.54. The maximum Gasteiger partial charge on any atom is 0.161 e. The molecule has 18 heavy (non-hydrogen) atoms. The Balaban J connectivity index is 2.56. The van der Waals surface area contributed by atoms with Gasteiger partial charge in [-0.2, -0.15) is 0 Å². The molecule has 102 valence electrons. The van der Waals surface area contributed by atoms with Gasteiger partial charge in [0.05, 0.1) is 22.8 Å². The van der Waals surface area contributed by atoms with E-state index in [2.05, 4.69) is 15.7 Å². The summed E-state index contributed by atoms with van der Waals surface area (Å²) < 4.78 is 4.82. The van der Waals surface area contributed by atoms with Crippen molar-refractivity contribution < 1.29 is 9.84 Å². The maximum absolute atomic E-state index is 9.47. The second-order valence-corrected chi connectivity index (χ2v) is 4.43. The van der Waals surface area contributed by atoms with Gasteiger partial charge in [0.15, 0.2) is 5.82 Å². The summed E-state index contributed by atoms with van der Waals surface area (Å²) in [6.07, 6.45) is -0.0134. The first-order chi connectivity index (χ1) is 8.58. The molecule has 0 aromatic carbocycles. The van der Waals surface area contributed by atoms with Crippen molar-refractivity contribution in [2.45, 2.75) is 12.5 Å². The van der Waals surface area contributed by atoms with Crippen LogP contribution < -0.4 is 16.6 Å². The average Bonchev–Trinajstić information content (AvgIpc) is 2.32. The Hall–Kier alpha value is -0.790. The smallest absolute Gasteiger partial charge is 0.161 e. The standard InChI is InChI=1S/C10H16Cl2N4O2/c1-18-5-6(17)2-3-14-9-7(11)4-8(12)10(15-9)16-13/h4,6,17H,2-3,5,13H2,1H3,(H2,14,15,16). The monoisotopic (exact) mass is 294 g/mol. The topological polar surface area (TPSA) is 92.4 Å². The molecule has 1 atom stereocenters. The van der Waals surface area contributed by atoms with Gasteiger partial charge in [-0.15, -0.1) is 0 Å². The summed E-state index contributed by atoms with van der Waals surface area (Å²) in [7, 11) is 1.54. The summed E-state index contributed by atoms with van der Waals surface area (Å²) in [4.78, 5) is 4.11. The third-order valence-electron chi connectivity index (χ3n) is 2.20. The van der Waals surface area contributed by atoms with Crippen LogP contribution in [-0.4, -0.2) is 36.5 Å². The molecule has 0 radical (unpaired) electrons. The zero-order valence-electron chi connectivity index (χ0n) is 9.91. The molecule has 0 spiro atoms. The quantitative estimate of drug-likeness (QED) is 0.450. The van der Waals surface area contributed by atoms with E-state index in [9.17, 15) is 5.11 Å². The van der Waals surface area contributed by atoms with Gasteiger partial charge in [-0.3, -0.25) is 0 Å². The van der Waals surface area contributed by atoms with Gasteiger partial charge in [0, 0.05) is 13.7 Å². The fourth-order valence-corrected chi connectivity index (χ4v) is 1.80. The number of aliphatic hydroxyl groups is 1. The van der Waals surface area contributed by atoms with Crippen LogP contribution in [0.3, 0.4) is 0 Å². The Morgan fingerprint density at radius 1 is 1.44 bits per heavy atom. The molecule has 6 nitrogen and oxygen atoms in total. The summed E-state index contributed by atoms with van der Waals surface area (Å²) in [5.41, 5.74) is 2.37. The number of methoxy groups -OCH3 is 1. The fraction of sp³-hybridized carbons (Fsp3) is 0.500. The van der Waals surface area contributed by atoms with Crippen LogP contribution >= 0.6 is 23.2 Å². The van der Waals surface area contributed by atoms with Crippen molar-refractivity contribution in [2.24, 2.45) is 5.84 Å². The Kier molecular flexibility index (Phi) is 6.45. The van der Waals surface area contributed by atoms with Crippen molar-refractivity contribution in [1.82, 2.24) is 4.98 Å². The first kappa shape index (κ1) is 15.3. The number of rotatable bonds is 7. The number of hydrogen-bond acceptors (Lipinski definition) is 6. The Bertz CT molecular complexity index is 392. The Morgan fingerprint density at radius 3 is 2.72 bits per heavy atom. The molecule has 0 fully saturated rings. The summed E-state index contributed by atoms with van der Waals surface area (Å²) in [5, 5.41) is 13.2. The number of nitrogens with one attached hydrogen (secondary N) is 2. The van der Waals surface area contributed by atoms with Crippen LogP contribution in [0.4, 0.5) is 11.6 Å². The summed E-state index contributed by atoms with van der Waals surface area (Å²) in [5.74, 6) is 6.05. The molecule has 0 amide bonds. The van der Waals surface area contributed by atoms with Crippen molar-refractivity contribution in [1.29, 1.82) is 0 Å². The first-order valence-electron chi connectivity index (χ1n) is 5.32.